The maximum Gasteiger partial charge on any atom is 0.338 e. The largest absolute Gasteiger partial charge is 0.452 e. The lowest BCUT2D eigenvalue weighted by atomic mass is 10.1. The van der Waals surface area contributed by atoms with Crippen LogP contribution in [-0.2, 0) is 14.3 Å². The Morgan fingerprint density at radius 1 is 1.25 bits per heavy atom. The third kappa shape index (κ3) is 3.98. The summed E-state index contributed by atoms with van der Waals surface area (Å²) in [5.74, 6) is -1.57. The van der Waals surface area contributed by atoms with E-state index in [1.807, 2.05) is 0 Å². The zero-order chi connectivity index (χ0) is 20.3. The number of nitro benzene ring substituents is 1. The van der Waals surface area contributed by atoms with Gasteiger partial charge in [-0.25, -0.2) is 4.79 Å². The molecule has 3 rings (SSSR count). The number of carbonyl (C=O) groups excluding carboxylic acids is 3. The van der Waals surface area contributed by atoms with Gasteiger partial charge in [0.05, 0.1) is 21.9 Å². The van der Waals surface area contributed by atoms with Crippen molar-refractivity contribution in [2.24, 2.45) is 0 Å². The molecule has 0 unspecified atom stereocenters. The van der Waals surface area contributed by atoms with E-state index in [2.05, 4.69) is 5.32 Å². The predicted octanol–water partition coefficient (Wildman–Crippen LogP) is 2.52. The number of carbonyl (C=O) groups is 3. The molecule has 1 atom stereocenters. The topological polar surface area (TPSA) is 119 Å². The van der Waals surface area contributed by atoms with Crippen molar-refractivity contribution in [3.8, 4) is 0 Å². The lowest BCUT2D eigenvalue weighted by molar-refractivity contribution is -0.384. The van der Waals surface area contributed by atoms with Crippen LogP contribution in [0.5, 0.6) is 0 Å². The van der Waals surface area contributed by atoms with E-state index in [1.54, 1.807) is 31.2 Å². The van der Waals surface area contributed by atoms with Crippen LogP contribution in [0.15, 0.2) is 48.5 Å². The molecule has 1 aliphatic heterocycles. The molecule has 0 saturated carbocycles. The number of hydrogen-bond acceptors (Lipinski definition) is 6. The van der Waals surface area contributed by atoms with Gasteiger partial charge in [0.1, 0.15) is 0 Å². The van der Waals surface area contributed by atoms with Gasteiger partial charge in [0.15, 0.2) is 6.61 Å². The number of amides is 2. The van der Waals surface area contributed by atoms with Crippen LogP contribution in [0.3, 0.4) is 0 Å². The number of esters is 1. The molecule has 2 aromatic rings. The van der Waals surface area contributed by atoms with Gasteiger partial charge in [0.2, 0.25) is 5.91 Å². The van der Waals surface area contributed by atoms with Gasteiger partial charge in [0.25, 0.3) is 11.6 Å². The number of fused-ring (bicyclic) bond motifs is 1. The molecule has 0 saturated heterocycles. The van der Waals surface area contributed by atoms with Crippen molar-refractivity contribution in [3.63, 3.8) is 0 Å². The highest BCUT2D eigenvalue weighted by molar-refractivity contribution is 6.05. The van der Waals surface area contributed by atoms with E-state index in [4.69, 9.17) is 4.74 Å². The van der Waals surface area contributed by atoms with Gasteiger partial charge in [-0.1, -0.05) is 18.2 Å². The minimum Gasteiger partial charge on any atom is -0.452 e. The fourth-order valence-corrected chi connectivity index (χ4v) is 2.99. The van der Waals surface area contributed by atoms with E-state index in [0.717, 1.165) is 6.07 Å². The third-order valence-corrected chi connectivity index (χ3v) is 4.25. The summed E-state index contributed by atoms with van der Waals surface area (Å²) >= 11 is 0. The molecule has 0 bridgehead atoms. The number of anilines is 2. The lowest BCUT2D eigenvalue weighted by Gasteiger charge is -2.27. The summed E-state index contributed by atoms with van der Waals surface area (Å²) < 4.78 is 5.05. The SMILES string of the molecule is C[C@H]1CC(=O)Nc2ccccc2N1C(=O)COC(=O)c1cccc([N+](=O)[O-])c1. The van der Waals surface area contributed by atoms with E-state index >= 15 is 0 Å². The molecule has 2 aromatic carbocycles. The van der Waals surface area contributed by atoms with E-state index in [-0.39, 0.29) is 23.6 Å². The van der Waals surface area contributed by atoms with Crippen molar-refractivity contribution in [2.75, 3.05) is 16.8 Å². The van der Waals surface area contributed by atoms with Crippen molar-refractivity contribution in [1.82, 2.24) is 0 Å². The molecule has 0 aromatic heterocycles. The number of hydrogen-bond donors (Lipinski definition) is 1. The molecule has 28 heavy (non-hydrogen) atoms. The first-order valence-electron chi connectivity index (χ1n) is 8.49. The molecule has 0 radical (unpaired) electrons. The number of nitrogens with zero attached hydrogens (tertiary/aromatic N) is 2. The monoisotopic (exact) mass is 383 g/mol. The molecule has 0 spiro atoms. The number of ether oxygens (including phenoxy) is 1. The van der Waals surface area contributed by atoms with Crippen molar-refractivity contribution in [1.29, 1.82) is 0 Å². The molecule has 2 amide bonds. The first-order chi connectivity index (χ1) is 13.4. The molecular weight excluding hydrogens is 366 g/mol. The molecule has 9 heteroatoms. The van der Waals surface area contributed by atoms with Gasteiger partial charge in [0, 0.05) is 24.6 Å². The average molecular weight is 383 g/mol. The molecule has 1 aliphatic rings. The Bertz CT molecular complexity index is 958. The normalized spacial score (nSPS) is 15.8. The Balaban J connectivity index is 1.75. The van der Waals surface area contributed by atoms with Crippen LogP contribution in [0, 0.1) is 10.1 Å². The zero-order valence-corrected chi connectivity index (χ0v) is 15.0. The fourth-order valence-electron chi connectivity index (χ4n) is 2.99. The van der Waals surface area contributed by atoms with Gasteiger partial charge in [-0.3, -0.25) is 19.7 Å². The summed E-state index contributed by atoms with van der Waals surface area (Å²) in [6.45, 7) is 1.16. The highest BCUT2D eigenvalue weighted by Gasteiger charge is 2.30. The number of nitro groups is 1. The standard InChI is InChI=1S/C19H17N3O6/c1-12-9-17(23)20-15-7-2-3-8-16(15)21(12)18(24)11-28-19(25)13-5-4-6-14(10-13)22(26)27/h2-8,10,12H,9,11H2,1H3,(H,20,23)/t12-/m0/s1. The van der Waals surface area contributed by atoms with Crippen molar-refractivity contribution in [2.45, 2.75) is 19.4 Å². The van der Waals surface area contributed by atoms with E-state index in [9.17, 15) is 24.5 Å². The second-order valence-electron chi connectivity index (χ2n) is 6.27. The summed E-state index contributed by atoms with van der Waals surface area (Å²) in [7, 11) is 0. The maximum absolute atomic E-state index is 12.7. The van der Waals surface area contributed by atoms with Gasteiger partial charge >= 0.3 is 5.97 Å². The highest BCUT2D eigenvalue weighted by atomic mass is 16.6. The molecule has 144 valence electrons. The van der Waals surface area contributed by atoms with E-state index < -0.39 is 29.4 Å². The molecule has 1 N–H and O–H groups in total. The van der Waals surface area contributed by atoms with Gasteiger partial charge in [-0.15, -0.1) is 0 Å². The number of non-ortho nitro benzene ring substituents is 1. The maximum atomic E-state index is 12.7. The summed E-state index contributed by atoms with van der Waals surface area (Å²) in [6, 6.07) is 11.5. The number of rotatable bonds is 4. The molecule has 9 nitrogen and oxygen atoms in total. The number of para-hydroxylation sites is 2. The zero-order valence-electron chi connectivity index (χ0n) is 15.0. The van der Waals surface area contributed by atoms with Crippen molar-refractivity contribution >= 4 is 34.8 Å². The summed E-state index contributed by atoms with van der Waals surface area (Å²) in [5, 5.41) is 13.6. The van der Waals surface area contributed by atoms with Crippen molar-refractivity contribution in [3.05, 3.63) is 64.2 Å². The van der Waals surface area contributed by atoms with Crippen LogP contribution in [0.4, 0.5) is 17.1 Å². The predicted molar refractivity (Wildman–Crippen MR) is 100 cm³/mol. The third-order valence-electron chi connectivity index (χ3n) is 4.25. The Morgan fingerprint density at radius 3 is 2.75 bits per heavy atom. The van der Waals surface area contributed by atoms with E-state index in [1.165, 1.54) is 23.1 Å². The number of benzene rings is 2. The highest BCUT2D eigenvalue weighted by Crippen LogP contribution is 2.31. The van der Waals surface area contributed by atoms with Gasteiger partial charge < -0.3 is 15.0 Å². The van der Waals surface area contributed by atoms with Gasteiger partial charge in [-0.2, -0.15) is 0 Å². The summed E-state index contributed by atoms with van der Waals surface area (Å²) in [5.41, 5.74) is 0.732. The second-order valence-corrected chi connectivity index (χ2v) is 6.27. The lowest BCUT2D eigenvalue weighted by Crippen LogP contribution is -2.41. The Morgan fingerprint density at radius 2 is 2.00 bits per heavy atom. The van der Waals surface area contributed by atoms with Crippen LogP contribution in [-0.4, -0.2) is 35.4 Å². The molecular formula is C19H17N3O6. The average Bonchev–Trinajstić information content (AvgIpc) is 2.80. The fraction of sp³-hybridized carbons (Fsp3) is 0.211. The minimum absolute atomic E-state index is 0.0249. The summed E-state index contributed by atoms with van der Waals surface area (Å²) in [4.78, 5) is 48.5. The number of nitrogens with one attached hydrogen (secondary N) is 1. The molecule has 1 heterocycles. The van der Waals surface area contributed by atoms with Crippen LogP contribution in [0.2, 0.25) is 0 Å². The quantitative estimate of drug-likeness (QED) is 0.492. The van der Waals surface area contributed by atoms with Crippen molar-refractivity contribution < 1.29 is 24.0 Å². The van der Waals surface area contributed by atoms with Crippen LogP contribution in [0.25, 0.3) is 0 Å². The van der Waals surface area contributed by atoms with Crippen LogP contribution >= 0.6 is 0 Å². The van der Waals surface area contributed by atoms with Crippen LogP contribution < -0.4 is 10.2 Å². The van der Waals surface area contributed by atoms with Gasteiger partial charge in [-0.05, 0) is 25.1 Å². The van der Waals surface area contributed by atoms with Crippen LogP contribution in [0.1, 0.15) is 23.7 Å². The second kappa shape index (κ2) is 7.87. The first-order valence-corrected chi connectivity index (χ1v) is 8.49. The smallest absolute Gasteiger partial charge is 0.338 e. The minimum atomic E-state index is -0.845. The van der Waals surface area contributed by atoms with E-state index in [0.29, 0.717) is 11.4 Å². The Labute approximate surface area is 160 Å². The Hall–Kier alpha value is -3.75. The molecule has 0 fully saturated rings. The molecule has 0 aliphatic carbocycles. The Kier molecular flexibility index (Phi) is 5.35. The summed E-state index contributed by atoms with van der Waals surface area (Å²) in [6.07, 6.45) is 0.0965. The first kappa shape index (κ1) is 19.0.